The number of hydrogen-bond donors (Lipinski definition) is 3. The van der Waals surface area contributed by atoms with Gasteiger partial charge in [0.05, 0.1) is 32.0 Å². The molecule has 1 atom stereocenters. The smallest absolute Gasteiger partial charge is 0.254 e. The van der Waals surface area contributed by atoms with Gasteiger partial charge in [-0.25, -0.2) is 0 Å². The number of aliphatic hydroxyl groups is 2. The number of aliphatic hydroxyl groups excluding tert-OH is 2. The second kappa shape index (κ2) is 9.27. The van der Waals surface area contributed by atoms with Gasteiger partial charge in [0.15, 0.2) is 0 Å². The van der Waals surface area contributed by atoms with Gasteiger partial charge in [0.25, 0.3) is 5.91 Å². The summed E-state index contributed by atoms with van der Waals surface area (Å²) in [5, 5.41) is 21.4. The van der Waals surface area contributed by atoms with Crippen LogP contribution in [0.25, 0.3) is 0 Å². The average Bonchev–Trinajstić information content (AvgIpc) is 2.54. The molecular formula is C16H25NO5. The lowest BCUT2D eigenvalue weighted by molar-refractivity contribution is 0.0931. The third-order valence-electron chi connectivity index (χ3n) is 3.30. The van der Waals surface area contributed by atoms with Gasteiger partial charge in [0, 0.05) is 19.0 Å². The number of unbranched alkanes of at least 4 members (excludes halogenated alkanes) is 1. The largest absolute Gasteiger partial charge is 0.496 e. The Bertz CT molecular complexity index is 490. The third-order valence-corrected chi connectivity index (χ3v) is 3.30. The van der Waals surface area contributed by atoms with E-state index in [1.807, 2.05) is 6.92 Å². The van der Waals surface area contributed by atoms with Crippen molar-refractivity contribution in [3.8, 4) is 11.5 Å². The lowest BCUT2D eigenvalue weighted by atomic mass is 10.0. The summed E-state index contributed by atoms with van der Waals surface area (Å²) in [5.41, 5.74) is 0.973. The molecule has 1 unspecified atom stereocenters. The van der Waals surface area contributed by atoms with E-state index in [1.165, 1.54) is 7.11 Å². The Morgan fingerprint density at radius 2 is 2.14 bits per heavy atom. The minimum Gasteiger partial charge on any atom is -0.496 e. The van der Waals surface area contributed by atoms with Gasteiger partial charge in [-0.15, -0.1) is 0 Å². The summed E-state index contributed by atoms with van der Waals surface area (Å²) in [4.78, 5) is 12.0. The van der Waals surface area contributed by atoms with Crippen LogP contribution in [0.15, 0.2) is 12.1 Å². The van der Waals surface area contributed by atoms with Crippen molar-refractivity contribution >= 4 is 5.91 Å². The first-order chi connectivity index (χ1) is 10.6. The second-order valence-electron chi connectivity index (χ2n) is 4.94. The summed E-state index contributed by atoms with van der Waals surface area (Å²) in [6, 6.07) is 3.30. The van der Waals surface area contributed by atoms with Crippen molar-refractivity contribution in [2.24, 2.45) is 0 Å². The van der Waals surface area contributed by atoms with Crippen LogP contribution < -0.4 is 14.8 Å². The Morgan fingerprint density at radius 1 is 1.41 bits per heavy atom. The molecule has 6 heteroatoms. The number of amides is 1. The van der Waals surface area contributed by atoms with Gasteiger partial charge in [-0.05, 0) is 18.6 Å². The quantitative estimate of drug-likeness (QED) is 0.595. The van der Waals surface area contributed by atoms with Gasteiger partial charge in [-0.3, -0.25) is 4.79 Å². The minimum atomic E-state index is -0.942. The molecule has 1 aromatic rings. The lowest BCUT2D eigenvalue weighted by Crippen LogP contribution is -2.22. The van der Waals surface area contributed by atoms with Crippen molar-refractivity contribution in [3.05, 3.63) is 23.3 Å². The van der Waals surface area contributed by atoms with Crippen molar-refractivity contribution in [1.82, 2.24) is 5.32 Å². The molecule has 0 radical (unpaired) electrons. The van der Waals surface area contributed by atoms with Crippen LogP contribution in [-0.4, -0.2) is 49.6 Å². The van der Waals surface area contributed by atoms with E-state index in [1.54, 1.807) is 19.2 Å². The summed E-state index contributed by atoms with van der Waals surface area (Å²) >= 11 is 0. The molecule has 22 heavy (non-hydrogen) atoms. The zero-order valence-corrected chi connectivity index (χ0v) is 13.4. The van der Waals surface area contributed by atoms with Gasteiger partial charge in [-0.1, -0.05) is 13.3 Å². The monoisotopic (exact) mass is 311 g/mol. The Balaban J connectivity index is 3.28. The summed E-state index contributed by atoms with van der Waals surface area (Å²) in [6.07, 6.45) is 1.02. The first-order valence-electron chi connectivity index (χ1n) is 7.42. The van der Waals surface area contributed by atoms with Gasteiger partial charge in [0.2, 0.25) is 0 Å². The highest BCUT2D eigenvalue weighted by molar-refractivity contribution is 5.97. The van der Waals surface area contributed by atoms with Gasteiger partial charge >= 0.3 is 0 Å². The SMILES string of the molecule is CCCCOc1c(C(=O)NC)ccc(OC)c1CC(O)CO. The van der Waals surface area contributed by atoms with E-state index in [-0.39, 0.29) is 18.9 Å². The fourth-order valence-electron chi connectivity index (χ4n) is 2.09. The first kappa shape index (κ1) is 18.3. The van der Waals surface area contributed by atoms with Gasteiger partial charge < -0.3 is 25.0 Å². The number of rotatable bonds is 9. The molecule has 0 spiro atoms. The highest BCUT2D eigenvalue weighted by Gasteiger charge is 2.21. The molecule has 1 amide bonds. The molecule has 0 saturated heterocycles. The molecule has 6 nitrogen and oxygen atoms in total. The van der Waals surface area contributed by atoms with Crippen molar-refractivity contribution in [2.45, 2.75) is 32.3 Å². The molecule has 124 valence electrons. The van der Waals surface area contributed by atoms with Crippen LogP contribution in [-0.2, 0) is 6.42 Å². The fourth-order valence-corrected chi connectivity index (χ4v) is 2.09. The predicted molar refractivity (Wildman–Crippen MR) is 83.6 cm³/mol. The van der Waals surface area contributed by atoms with Crippen LogP contribution in [0, 0.1) is 0 Å². The molecule has 0 aliphatic heterocycles. The van der Waals surface area contributed by atoms with Crippen molar-refractivity contribution < 1.29 is 24.5 Å². The molecule has 3 N–H and O–H groups in total. The molecule has 0 aromatic heterocycles. The molecule has 0 bridgehead atoms. The van der Waals surface area contributed by atoms with E-state index in [2.05, 4.69) is 5.32 Å². The maximum Gasteiger partial charge on any atom is 0.254 e. The summed E-state index contributed by atoms with van der Waals surface area (Å²) in [7, 11) is 3.06. The Hall–Kier alpha value is -1.79. The number of ether oxygens (including phenoxy) is 2. The standard InChI is InChI=1S/C16H25NO5/c1-4-5-8-22-15-12(16(20)17-2)6-7-14(21-3)13(15)9-11(19)10-18/h6-7,11,18-19H,4-5,8-10H2,1-3H3,(H,17,20). The predicted octanol–water partition coefficient (Wildman–Crippen LogP) is 1.13. The summed E-state index contributed by atoms with van der Waals surface area (Å²) in [6.45, 7) is 2.14. The molecule has 0 aliphatic rings. The molecular weight excluding hydrogens is 286 g/mol. The topological polar surface area (TPSA) is 88.0 Å². The summed E-state index contributed by atoms with van der Waals surface area (Å²) in [5.74, 6) is 0.653. The normalized spacial score (nSPS) is 11.9. The van der Waals surface area contributed by atoms with Crippen LogP contribution in [0.4, 0.5) is 0 Å². The number of carbonyl (C=O) groups excluding carboxylic acids is 1. The number of nitrogens with one attached hydrogen (secondary N) is 1. The van der Waals surface area contributed by atoms with Crippen molar-refractivity contribution in [2.75, 3.05) is 27.4 Å². The second-order valence-corrected chi connectivity index (χ2v) is 4.94. The van der Waals surface area contributed by atoms with Crippen LogP contribution in [0.2, 0.25) is 0 Å². The summed E-state index contributed by atoms with van der Waals surface area (Å²) < 4.78 is 11.1. The van der Waals surface area contributed by atoms with E-state index in [0.717, 1.165) is 12.8 Å². The molecule has 1 rings (SSSR count). The Labute approximate surface area is 131 Å². The van der Waals surface area contributed by atoms with E-state index >= 15 is 0 Å². The molecule has 0 aliphatic carbocycles. The zero-order chi connectivity index (χ0) is 16.5. The first-order valence-corrected chi connectivity index (χ1v) is 7.42. The van der Waals surface area contributed by atoms with Crippen molar-refractivity contribution in [1.29, 1.82) is 0 Å². The molecule has 0 fully saturated rings. The fraction of sp³-hybridized carbons (Fsp3) is 0.562. The molecule has 1 aromatic carbocycles. The van der Waals surface area contributed by atoms with Crippen LogP contribution in [0.1, 0.15) is 35.7 Å². The maximum absolute atomic E-state index is 12.0. The lowest BCUT2D eigenvalue weighted by Gasteiger charge is -2.19. The van der Waals surface area contributed by atoms with Crippen LogP contribution in [0.5, 0.6) is 11.5 Å². The van der Waals surface area contributed by atoms with E-state index in [0.29, 0.717) is 29.2 Å². The van der Waals surface area contributed by atoms with Gasteiger partial charge in [-0.2, -0.15) is 0 Å². The minimum absolute atomic E-state index is 0.145. The zero-order valence-electron chi connectivity index (χ0n) is 13.4. The Morgan fingerprint density at radius 3 is 2.68 bits per heavy atom. The highest BCUT2D eigenvalue weighted by atomic mass is 16.5. The number of hydrogen-bond acceptors (Lipinski definition) is 5. The van der Waals surface area contributed by atoms with E-state index < -0.39 is 6.10 Å². The van der Waals surface area contributed by atoms with Crippen molar-refractivity contribution in [3.63, 3.8) is 0 Å². The van der Waals surface area contributed by atoms with E-state index in [9.17, 15) is 9.90 Å². The number of methoxy groups -OCH3 is 1. The molecule has 0 saturated carbocycles. The highest BCUT2D eigenvalue weighted by Crippen LogP contribution is 2.34. The maximum atomic E-state index is 12.0. The number of benzene rings is 1. The molecule has 0 heterocycles. The van der Waals surface area contributed by atoms with Crippen LogP contribution in [0.3, 0.4) is 0 Å². The third kappa shape index (κ3) is 4.61. The van der Waals surface area contributed by atoms with Gasteiger partial charge in [0.1, 0.15) is 11.5 Å². The Kier molecular flexibility index (Phi) is 7.70. The van der Waals surface area contributed by atoms with E-state index in [4.69, 9.17) is 14.6 Å². The van der Waals surface area contributed by atoms with Crippen LogP contribution >= 0.6 is 0 Å². The number of carbonyl (C=O) groups is 1. The average molecular weight is 311 g/mol.